The van der Waals surface area contributed by atoms with Gasteiger partial charge in [0.1, 0.15) is 5.75 Å². The molecule has 1 fully saturated rings. The normalized spacial score (nSPS) is 13.7. The molecule has 0 unspecified atom stereocenters. The first-order valence-corrected chi connectivity index (χ1v) is 11.0. The molecule has 0 aliphatic carbocycles. The van der Waals surface area contributed by atoms with Gasteiger partial charge in [-0.2, -0.15) is 4.98 Å². The molecule has 1 saturated heterocycles. The summed E-state index contributed by atoms with van der Waals surface area (Å²) in [6, 6.07) is 19.7. The van der Waals surface area contributed by atoms with E-state index in [-0.39, 0.29) is 18.4 Å². The van der Waals surface area contributed by atoms with E-state index in [4.69, 9.17) is 9.26 Å². The van der Waals surface area contributed by atoms with E-state index in [2.05, 4.69) is 40.7 Å². The first-order chi connectivity index (χ1) is 16.0. The lowest BCUT2D eigenvalue weighted by atomic mass is 9.98. The molecule has 7 heteroatoms. The number of nitrogens with zero attached hydrogens (tertiary/aromatic N) is 4. The van der Waals surface area contributed by atoms with Crippen molar-refractivity contribution in [2.24, 2.45) is 0 Å². The van der Waals surface area contributed by atoms with Gasteiger partial charge in [0.05, 0.1) is 5.92 Å². The largest absolute Gasteiger partial charge is 0.484 e. The summed E-state index contributed by atoms with van der Waals surface area (Å²) in [6.45, 7) is 7.55. The minimum Gasteiger partial charge on any atom is -0.484 e. The fourth-order valence-corrected chi connectivity index (χ4v) is 4.09. The average Bonchev–Trinajstić information content (AvgIpc) is 3.38. The molecule has 2 aromatic carbocycles. The molecule has 1 aliphatic rings. The standard InChI is InChI=1S/C26H26N4O3/c1-17-4-12-23(13-5-17)32-16-24-27-25(28-33-24)21-14-29(15-21)26(31)20-8-10-22(11-9-20)30-18(2)6-7-19(30)3/h4-13,21H,14-16H2,1-3H3. The second-order valence-corrected chi connectivity index (χ2v) is 8.55. The van der Waals surface area contributed by atoms with Crippen molar-refractivity contribution in [1.29, 1.82) is 0 Å². The third kappa shape index (κ3) is 4.26. The summed E-state index contributed by atoms with van der Waals surface area (Å²) in [5, 5.41) is 4.08. The number of ether oxygens (including phenoxy) is 1. The third-order valence-electron chi connectivity index (χ3n) is 6.04. The zero-order valence-corrected chi connectivity index (χ0v) is 19.0. The molecule has 0 radical (unpaired) electrons. The monoisotopic (exact) mass is 442 g/mol. The zero-order valence-electron chi connectivity index (χ0n) is 19.0. The number of hydrogen-bond donors (Lipinski definition) is 0. The van der Waals surface area contributed by atoms with Crippen LogP contribution in [0.25, 0.3) is 5.69 Å². The van der Waals surface area contributed by atoms with Crippen LogP contribution in [0.3, 0.4) is 0 Å². The van der Waals surface area contributed by atoms with Gasteiger partial charge in [0, 0.05) is 35.7 Å². The fraction of sp³-hybridized carbons (Fsp3) is 0.269. The van der Waals surface area contributed by atoms with Gasteiger partial charge in [-0.05, 0) is 69.3 Å². The SMILES string of the molecule is Cc1ccc(OCc2nc(C3CN(C(=O)c4ccc(-n5c(C)ccc5C)cc4)C3)no2)cc1. The summed E-state index contributed by atoms with van der Waals surface area (Å²) in [4.78, 5) is 19.1. The van der Waals surface area contributed by atoms with Crippen LogP contribution in [-0.4, -0.2) is 38.6 Å². The van der Waals surface area contributed by atoms with Crippen LogP contribution < -0.4 is 4.74 Å². The maximum Gasteiger partial charge on any atom is 0.264 e. The number of hydrogen-bond acceptors (Lipinski definition) is 5. The molecule has 33 heavy (non-hydrogen) atoms. The van der Waals surface area contributed by atoms with E-state index in [9.17, 15) is 4.79 Å². The maximum absolute atomic E-state index is 12.9. The van der Waals surface area contributed by atoms with Crippen molar-refractivity contribution in [2.75, 3.05) is 13.1 Å². The van der Waals surface area contributed by atoms with Gasteiger partial charge < -0.3 is 18.7 Å². The highest BCUT2D eigenvalue weighted by atomic mass is 16.5. The van der Waals surface area contributed by atoms with Crippen LogP contribution in [0.1, 0.15) is 44.9 Å². The van der Waals surface area contributed by atoms with Crippen molar-refractivity contribution in [1.82, 2.24) is 19.6 Å². The number of likely N-dealkylation sites (tertiary alicyclic amines) is 1. The van der Waals surface area contributed by atoms with Crippen LogP contribution >= 0.6 is 0 Å². The van der Waals surface area contributed by atoms with Gasteiger partial charge in [-0.1, -0.05) is 22.9 Å². The highest BCUT2D eigenvalue weighted by Crippen LogP contribution is 2.27. The quantitative estimate of drug-likeness (QED) is 0.436. The highest BCUT2D eigenvalue weighted by Gasteiger charge is 2.35. The van der Waals surface area contributed by atoms with Gasteiger partial charge in [0.15, 0.2) is 12.4 Å². The Balaban J connectivity index is 1.16. The van der Waals surface area contributed by atoms with E-state index in [0.29, 0.717) is 30.4 Å². The van der Waals surface area contributed by atoms with E-state index >= 15 is 0 Å². The molecule has 0 bridgehead atoms. The summed E-state index contributed by atoms with van der Waals surface area (Å²) >= 11 is 0. The first kappa shape index (κ1) is 21.0. The van der Waals surface area contributed by atoms with Crippen LogP contribution in [0.5, 0.6) is 5.75 Å². The van der Waals surface area contributed by atoms with Crippen molar-refractivity contribution in [2.45, 2.75) is 33.3 Å². The molecule has 4 aromatic rings. The summed E-state index contributed by atoms with van der Waals surface area (Å²) in [6.07, 6.45) is 0. The van der Waals surface area contributed by atoms with Crippen LogP contribution in [-0.2, 0) is 6.61 Å². The number of carbonyl (C=O) groups excluding carboxylic acids is 1. The predicted molar refractivity (Wildman–Crippen MR) is 124 cm³/mol. The molecule has 1 amide bonds. The Kier molecular flexibility index (Phi) is 5.46. The van der Waals surface area contributed by atoms with Gasteiger partial charge in [-0.15, -0.1) is 0 Å². The third-order valence-corrected chi connectivity index (χ3v) is 6.04. The molecule has 7 nitrogen and oxygen atoms in total. The minimum atomic E-state index is 0.0187. The lowest BCUT2D eigenvalue weighted by Crippen LogP contribution is -2.48. The number of carbonyl (C=O) groups is 1. The Morgan fingerprint density at radius 2 is 1.64 bits per heavy atom. The molecule has 2 aromatic heterocycles. The summed E-state index contributed by atoms with van der Waals surface area (Å²) in [5.74, 6) is 1.91. The Morgan fingerprint density at radius 3 is 2.30 bits per heavy atom. The number of aromatic nitrogens is 3. The van der Waals surface area contributed by atoms with Crippen molar-refractivity contribution >= 4 is 5.91 Å². The molecule has 0 atom stereocenters. The lowest BCUT2D eigenvalue weighted by Gasteiger charge is -2.37. The van der Waals surface area contributed by atoms with Gasteiger partial charge >= 0.3 is 0 Å². The van der Waals surface area contributed by atoms with E-state index < -0.39 is 0 Å². The zero-order chi connectivity index (χ0) is 22.9. The van der Waals surface area contributed by atoms with E-state index in [1.807, 2.05) is 60.4 Å². The maximum atomic E-state index is 12.9. The van der Waals surface area contributed by atoms with Gasteiger partial charge in [-0.3, -0.25) is 4.79 Å². The van der Waals surface area contributed by atoms with E-state index in [1.54, 1.807) is 0 Å². The Labute approximate surface area is 192 Å². The highest BCUT2D eigenvalue weighted by molar-refractivity contribution is 5.95. The second kappa shape index (κ2) is 8.58. The van der Waals surface area contributed by atoms with Crippen LogP contribution in [0.15, 0.2) is 65.2 Å². The molecular formula is C26H26N4O3. The average molecular weight is 443 g/mol. The number of aryl methyl sites for hydroxylation is 3. The summed E-state index contributed by atoms with van der Waals surface area (Å²) in [7, 11) is 0. The molecule has 0 saturated carbocycles. The predicted octanol–water partition coefficient (Wildman–Crippen LogP) is 4.60. The smallest absolute Gasteiger partial charge is 0.264 e. The van der Waals surface area contributed by atoms with Crippen molar-refractivity contribution in [3.63, 3.8) is 0 Å². The molecular weight excluding hydrogens is 416 g/mol. The van der Waals surface area contributed by atoms with Crippen LogP contribution in [0.2, 0.25) is 0 Å². The topological polar surface area (TPSA) is 73.4 Å². The van der Waals surface area contributed by atoms with Crippen molar-refractivity contribution in [3.8, 4) is 11.4 Å². The molecule has 0 spiro atoms. The van der Waals surface area contributed by atoms with E-state index in [1.165, 1.54) is 17.0 Å². The lowest BCUT2D eigenvalue weighted by molar-refractivity contribution is 0.0592. The second-order valence-electron chi connectivity index (χ2n) is 8.55. The first-order valence-electron chi connectivity index (χ1n) is 11.0. The molecule has 0 N–H and O–H groups in total. The van der Waals surface area contributed by atoms with Gasteiger partial charge in [0.25, 0.3) is 11.8 Å². The molecule has 5 rings (SSSR count). The minimum absolute atomic E-state index is 0.0187. The molecule has 168 valence electrons. The van der Waals surface area contributed by atoms with Gasteiger partial charge in [-0.25, -0.2) is 0 Å². The summed E-state index contributed by atoms with van der Waals surface area (Å²) < 4.78 is 13.2. The van der Waals surface area contributed by atoms with Gasteiger partial charge in [0.2, 0.25) is 0 Å². The summed E-state index contributed by atoms with van der Waals surface area (Å²) in [5.41, 5.74) is 5.25. The van der Waals surface area contributed by atoms with Crippen LogP contribution in [0.4, 0.5) is 0 Å². The molecule has 3 heterocycles. The van der Waals surface area contributed by atoms with Crippen molar-refractivity contribution in [3.05, 3.63) is 94.9 Å². The Bertz CT molecular complexity index is 1250. The molecule has 1 aliphatic heterocycles. The van der Waals surface area contributed by atoms with Crippen LogP contribution in [0, 0.1) is 20.8 Å². The number of rotatable bonds is 6. The fourth-order valence-electron chi connectivity index (χ4n) is 4.09. The van der Waals surface area contributed by atoms with E-state index in [0.717, 1.165) is 11.4 Å². The number of benzene rings is 2. The Hall–Kier alpha value is -3.87. The number of amides is 1. The Morgan fingerprint density at radius 1 is 0.970 bits per heavy atom. The van der Waals surface area contributed by atoms with Crippen molar-refractivity contribution < 1.29 is 14.1 Å².